The molecule has 0 spiro atoms. The number of methoxy groups -OCH3 is 1. The van der Waals surface area contributed by atoms with Crippen molar-refractivity contribution in [3.05, 3.63) is 35.9 Å². The molecule has 1 saturated heterocycles. The smallest absolute Gasteiger partial charge is 0.407 e. The first-order chi connectivity index (χ1) is 20.6. The van der Waals surface area contributed by atoms with Crippen molar-refractivity contribution >= 4 is 28.7 Å². The third kappa shape index (κ3) is 10.3. The number of likely N-dealkylation sites (N-methyl/N-ethyl adjacent to an activating group) is 1. The van der Waals surface area contributed by atoms with Crippen LogP contribution in [0.15, 0.2) is 30.3 Å². The van der Waals surface area contributed by atoms with Crippen LogP contribution >= 0.6 is 0 Å². The minimum Gasteiger partial charge on any atom is -0.444 e. The van der Waals surface area contributed by atoms with Crippen LogP contribution in [-0.2, 0) is 9.47 Å². The Balaban J connectivity index is 1.28. The van der Waals surface area contributed by atoms with Gasteiger partial charge in [-0.2, -0.15) is 0 Å². The van der Waals surface area contributed by atoms with E-state index in [-0.39, 0.29) is 12.0 Å². The highest BCUT2D eigenvalue weighted by Gasteiger charge is 2.25. The third-order valence-corrected chi connectivity index (χ3v) is 8.93. The molecular formula is C34H53N5O4. The number of anilines is 1. The van der Waals surface area contributed by atoms with Gasteiger partial charge in [0, 0.05) is 45.2 Å². The van der Waals surface area contributed by atoms with Gasteiger partial charge in [-0.1, -0.05) is 18.2 Å². The fourth-order valence-corrected chi connectivity index (χ4v) is 6.24. The Kier molecular flexibility index (Phi) is 12.1. The molecule has 1 aliphatic heterocycles. The van der Waals surface area contributed by atoms with Crippen LogP contribution in [0.5, 0.6) is 0 Å². The molecule has 0 bridgehead atoms. The molecule has 1 aromatic carbocycles. The van der Waals surface area contributed by atoms with E-state index in [1.807, 2.05) is 51.1 Å². The molecule has 238 valence electrons. The number of para-hydroxylation sites is 1. The van der Waals surface area contributed by atoms with Gasteiger partial charge in [0.2, 0.25) is 0 Å². The molecule has 2 N–H and O–H groups in total. The quantitative estimate of drug-likeness (QED) is 0.336. The topological polar surface area (TPSA) is 96.0 Å². The van der Waals surface area contributed by atoms with Gasteiger partial charge in [-0.3, -0.25) is 4.79 Å². The number of alkyl carbamates (subject to hydrolysis) is 1. The minimum absolute atomic E-state index is 0.0254. The SMILES string of the molecule is COCCN(C)CCC1CCN(c2cc(C(=O)NCC3CCC(CNC(=O)OC(C)(C)C)CC3)c3ccccc3n2)CC1. The summed E-state index contributed by atoms with van der Waals surface area (Å²) in [6, 6.07) is 9.96. The first-order valence-electron chi connectivity index (χ1n) is 16.2. The fourth-order valence-electron chi connectivity index (χ4n) is 6.24. The van der Waals surface area contributed by atoms with Crippen molar-refractivity contribution in [3.8, 4) is 0 Å². The first-order valence-corrected chi connectivity index (χ1v) is 16.2. The highest BCUT2D eigenvalue weighted by molar-refractivity contribution is 6.07. The highest BCUT2D eigenvalue weighted by atomic mass is 16.6. The number of ether oxygens (including phenoxy) is 2. The molecule has 2 amide bonds. The van der Waals surface area contributed by atoms with E-state index in [1.165, 1.54) is 6.42 Å². The summed E-state index contributed by atoms with van der Waals surface area (Å²) in [6.45, 7) is 11.7. The van der Waals surface area contributed by atoms with Gasteiger partial charge in [0.25, 0.3) is 5.91 Å². The van der Waals surface area contributed by atoms with E-state index in [1.54, 1.807) is 7.11 Å². The van der Waals surface area contributed by atoms with E-state index in [0.717, 1.165) is 88.0 Å². The Labute approximate surface area is 258 Å². The molecule has 4 rings (SSSR count). The predicted molar refractivity (Wildman–Crippen MR) is 173 cm³/mol. The number of nitrogens with zero attached hydrogens (tertiary/aromatic N) is 3. The lowest BCUT2D eigenvalue weighted by Crippen LogP contribution is -2.37. The van der Waals surface area contributed by atoms with E-state index < -0.39 is 5.60 Å². The molecule has 0 unspecified atom stereocenters. The number of piperidine rings is 1. The summed E-state index contributed by atoms with van der Waals surface area (Å²) in [6.07, 6.45) is 7.30. The Bertz CT molecular complexity index is 1180. The number of carbonyl (C=O) groups is 2. The standard InChI is InChI=1S/C34H53N5O4/c1-34(2,3)43-33(41)36-24-27-12-10-26(11-13-27)23-35-32(40)29-22-31(37-30-9-7-6-8-28(29)30)39-18-15-25(16-19-39)14-17-38(4)20-21-42-5/h6-9,22,25-27H,10-21,23-24H2,1-5H3,(H,35,40)(H,36,41). The van der Waals surface area contributed by atoms with Crippen LogP contribution in [0.25, 0.3) is 10.9 Å². The second-order valence-electron chi connectivity index (χ2n) is 13.5. The molecule has 1 aromatic heterocycles. The number of hydrogen-bond donors (Lipinski definition) is 2. The molecule has 2 aromatic rings. The monoisotopic (exact) mass is 595 g/mol. The number of rotatable bonds is 12. The van der Waals surface area contributed by atoms with Gasteiger partial charge in [-0.05, 0) is 109 Å². The maximum atomic E-state index is 13.5. The first kappa shape index (κ1) is 33.0. The molecule has 2 aliphatic rings. The van der Waals surface area contributed by atoms with Gasteiger partial charge in [0.15, 0.2) is 0 Å². The van der Waals surface area contributed by atoms with Gasteiger partial charge >= 0.3 is 6.09 Å². The number of pyridine rings is 1. The fraction of sp³-hybridized carbons (Fsp3) is 0.676. The van der Waals surface area contributed by atoms with Crippen LogP contribution in [0, 0.1) is 17.8 Å². The van der Waals surface area contributed by atoms with Crippen LogP contribution in [0.3, 0.4) is 0 Å². The minimum atomic E-state index is -0.487. The predicted octanol–water partition coefficient (Wildman–Crippen LogP) is 5.48. The van der Waals surface area contributed by atoms with Gasteiger partial charge in [-0.25, -0.2) is 9.78 Å². The number of nitrogens with one attached hydrogen (secondary N) is 2. The summed E-state index contributed by atoms with van der Waals surface area (Å²) in [7, 11) is 3.92. The van der Waals surface area contributed by atoms with Crippen molar-refractivity contribution in [1.82, 2.24) is 20.5 Å². The Morgan fingerprint density at radius 1 is 0.953 bits per heavy atom. The van der Waals surface area contributed by atoms with Crippen LogP contribution in [0.1, 0.15) is 76.1 Å². The summed E-state index contributed by atoms with van der Waals surface area (Å²) in [5.74, 6) is 2.49. The molecule has 2 fully saturated rings. The average molecular weight is 596 g/mol. The Morgan fingerprint density at radius 3 is 2.26 bits per heavy atom. The van der Waals surface area contributed by atoms with Crippen molar-refractivity contribution in [2.45, 2.75) is 71.3 Å². The second kappa shape index (κ2) is 15.7. The van der Waals surface area contributed by atoms with Gasteiger partial charge in [-0.15, -0.1) is 0 Å². The van der Waals surface area contributed by atoms with Crippen LogP contribution in [-0.4, -0.2) is 87.5 Å². The molecule has 43 heavy (non-hydrogen) atoms. The van der Waals surface area contributed by atoms with E-state index >= 15 is 0 Å². The van der Waals surface area contributed by atoms with Crippen molar-refractivity contribution in [3.63, 3.8) is 0 Å². The van der Waals surface area contributed by atoms with Gasteiger partial charge < -0.3 is 29.9 Å². The van der Waals surface area contributed by atoms with Crippen molar-refractivity contribution < 1.29 is 19.1 Å². The van der Waals surface area contributed by atoms with Gasteiger partial charge in [0.1, 0.15) is 11.4 Å². The van der Waals surface area contributed by atoms with E-state index in [0.29, 0.717) is 36.4 Å². The molecule has 0 atom stereocenters. The normalized spacial score (nSPS) is 19.9. The third-order valence-electron chi connectivity index (χ3n) is 8.93. The molecule has 2 heterocycles. The molecule has 9 nitrogen and oxygen atoms in total. The van der Waals surface area contributed by atoms with Crippen LogP contribution in [0.2, 0.25) is 0 Å². The highest BCUT2D eigenvalue weighted by Crippen LogP contribution is 2.30. The number of carbonyl (C=O) groups excluding carboxylic acids is 2. The number of benzene rings is 1. The maximum absolute atomic E-state index is 13.5. The molecular weight excluding hydrogens is 542 g/mol. The van der Waals surface area contributed by atoms with E-state index in [4.69, 9.17) is 14.5 Å². The summed E-state index contributed by atoms with van der Waals surface area (Å²) in [5, 5.41) is 7.06. The van der Waals surface area contributed by atoms with E-state index in [9.17, 15) is 9.59 Å². The lowest BCUT2D eigenvalue weighted by atomic mass is 9.82. The van der Waals surface area contributed by atoms with E-state index in [2.05, 4.69) is 27.5 Å². The number of fused-ring (bicyclic) bond motifs is 1. The lowest BCUT2D eigenvalue weighted by molar-refractivity contribution is 0.0512. The maximum Gasteiger partial charge on any atom is 0.407 e. The number of aromatic nitrogens is 1. The summed E-state index contributed by atoms with van der Waals surface area (Å²) < 4.78 is 10.6. The number of amides is 2. The largest absolute Gasteiger partial charge is 0.444 e. The molecule has 9 heteroatoms. The summed E-state index contributed by atoms with van der Waals surface area (Å²) in [4.78, 5) is 35.2. The summed E-state index contributed by atoms with van der Waals surface area (Å²) >= 11 is 0. The number of hydrogen-bond acceptors (Lipinski definition) is 7. The molecule has 0 radical (unpaired) electrons. The molecule has 1 aliphatic carbocycles. The molecule has 1 saturated carbocycles. The zero-order chi connectivity index (χ0) is 30.8. The van der Waals surface area contributed by atoms with Crippen molar-refractivity contribution in [2.75, 3.05) is 64.9 Å². The Morgan fingerprint density at radius 2 is 1.60 bits per heavy atom. The van der Waals surface area contributed by atoms with Gasteiger partial charge in [0.05, 0.1) is 17.7 Å². The van der Waals surface area contributed by atoms with Crippen molar-refractivity contribution in [2.24, 2.45) is 17.8 Å². The second-order valence-corrected chi connectivity index (χ2v) is 13.5. The Hall–Kier alpha value is -2.91. The zero-order valence-electron chi connectivity index (χ0n) is 27.0. The summed E-state index contributed by atoms with van der Waals surface area (Å²) in [5.41, 5.74) is 1.09. The zero-order valence-corrected chi connectivity index (χ0v) is 27.0. The van der Waals surface area contributed by atoms with Crippen molar-refractivity contribution in [1.29, 1.82) is 0 Å². The van der Waals surface area contributed by atoms with Crippen LogP contribution in [0.4, 0.5) is 10.6 Å². The lowest BCUT2D eigenvalue weighted by Gasteiger charge is -2.34. The average Bonchev–Trinajstić information content (AvgIpc) is 3.00. The van der Waals surface area contributed by atoms with Crippen LogP contribution < -0.4 is 15.5 Å².